The van der Waals surface area contributed by atoms with Crippen molar-refractivity contribution in [1.29, 1.82) is 0 Å². The average molecular weight is 374 g/mol. The Morgan fingerprint density at radius 3 is 2.50 bits per heavy atom. The Morgan fingerprint density at radius 1 is 1.33 bits per heavy atom. The molecule has 0 aliphatic carbocycles. The highest BCUT2D eigenvalue weighted by molar-refractivity contribution is 7.99. The van der Waals surface area contributed by atoms with Crippen LogP contribution in [-0.2, 0) is 10.0 Å². The van der Waals surface area contributed by atoms with Gasteiger partial charge in [0.1, 0.15) is 4.90 Å². The number of nitrogens with zero attached hydrogens (tertiary/aromatic N) is 2. The number of non-ortho nitro benzene ring substituents is 1. The molecule has 2 rings (SSSR count). The van der Waals surface area contributed by atoms with Gasteiger partial charge < -0.3 is 5.32 Å². The van der Waals surface area contributed by atoms with Crippen LogP contribution in [0.3, 0.4) is 0 Å². The van der Waals surface area contributed by atoms with E-state index in [-0.39, 0.29) is 15.3 Å². The maximum absolute atomic E-state index is 12.9. The third-order valence-corrected chi connectivity index (χ3v) is 7.30. The molecule has 1 aliphatic rings. The van der Waals surface area contributed by atoms with E-state index in [4.69, 9.17) is 0 Å². The first-order chi connectivity index (χ1) is 11.2. The molecule has 1 aromatic rings. The lowest BCUT2D eigenvalue weighted by molar-refractivity contribution is -0.385. The van der Waals surface area contributed by atoms with Crippen LogP contribution >= 0.6 is 11.8 Å². The predicted molar refractivity (Wildman–Crippen MR) is 97.2 cm³/mol. The molecule has 0 radical (unpaired) electrons. The normalized spacial score (nSPS) is 16.3. The molecule has 0 bridgehead atoms. The van der Waals surface area contributed by atoms with Gasteiger partial charge in [-0.25, -0.2) is 8.42 Å². The summed E-state index contributed by atoms with van der Waals surface area (Å²) in [4.78, 5) is 10.5. The van der Waals surface area contributed by atoms with Crippen molar-refractivity contribution in [1.82, 2.24) is 4.31 Å². The minimum atomic E-state index is -3.74. The molecule has 0 saturated carbocycles. The molecule has 134 valence electrons. The fourth-order valence-electron chi connectivity index (χ4n) is 2.43. The van der Waals surface area contributed by atoms with Gasteiger partial charge in [0.25, 0.3) is 5.69 Å². The van der Waals surface area contributed by atoms with Crippen molar-refractivity contribution in [3.63, 3.8) is 0 Å². The maximum Gasteiger partial charge on any atom is 0.270 e. The Kier molecular flexibility index (Phi) is 5.77. The number of rotatable bonds is 7. The van der Waals surface area contributed by atoms with E-state index < -0.39 is 14.9 Å². The Morgan fingerprint density at radius 2 is 1.96 bits per heavy atom. The zero-order valence-corrected chi connectivity index (χ0v) is 15.7. The van der Waals surface area contributed by atoms with E-state index in [0.717, 1.165) is 18.9 Å². The molecule has 7 nitrogen and oxygen atoms in total. The van der Waals surface area contributed by atoms with E-state index in [1.807, 2.05) is 20.1 Å². The van der Waals surface area contributed by atoms with Crippen LogP contribution < -0.4 is 5.32 Å². The van der Waals surface area contributed by atoms with E-state index in [1.165, 1.54) is 16.4 Å². The first-order valence-corrected chi connectivity index (χ1v) is 10.4. The van der Waals surface area contributed by atoms with Gasteiger partial charge in [0, 0.05) is 36.5 Å². The third kappa shape index (κ3) is 4.20. The van der Waals surface area contributed by atoms with Crippen LogP contribution in [0, 0.1) is 10.1 Å². The molecule has 1 N–H and O–H groups in total. The summed E-state index contributed by atoms with van der Waals surface area (Å²) in [5.74, 6) is 0. The number of nitro benzene ring substituents is 1. The highest BCUT2D eigenvalue weighted by atomic mass is 32.2. The van der Waals surface area contributed by atoms with Gasteiger partial charge >= 0.3 is 0 Å². The molecule has 1 fully saturated rings. The van der Waals surface area contributed by atoms with E-state index in [0.29, 0.717) is 25.3 Å². The lowest BCUT2D eigenvalue weighted by Gasteiger charge is -2.24. The molecular formula is C15H23N3O4S2. The Balaban J connectivity index is 2.41. The minimum Gasteiger partial charge on any atom is -0.383 e. The fraction of sp³-hybridized carbons (Fsp3) is 0.600. The molecule has 0 amide bonds. The summed E-state index contributed by atoms with van der Waals surface area (Å²) < 4.78 is 27.1. The zero-order chi connectivity index (χ0) is 18.0. The number of hydrogen-bond acceptors (Lipinski definition) is 6. The molecule has 1 aliphatic heterocycles. The summed E-state index contributed by atoms with van der Waals surface area (Å²) in [6, 6.07) is 3.97. The summed E-state index contributed by atoms with van der Waals surface area (Å²) in [5.41, 5.74) is 0.192. The molecule has 0 aromatic heterocycles. The number of sulfonamides is 1. The molecule has 1 aromatic carbocycles. The van der Waals surface area contributed by atoms with Crippen molar-refractivity contribution >= 4 is 33.2 Å². The van der Waals surface area contributed by atoms with E-state index in [1.54, 1.807) is 11.8 Å². The lowest BCUT2D eigenvalue weighted by atomic mass is 10.2. The van der Waals surface area contributed by atoms with Crippen molar-refractivity contribution in [3.05, 3.63) is 28.3 Å². The Hall–Kier alpha value is -1.32. The quantitative estimate of drug-likeness (QED) is 0.583. The summed E-state index contributed by atoms with van der Waals surface area (Å²) in [7, 11) is -3.74. The van der Waals surface area contributed by atoms with Crippen LogP contribution in [0.25, 0.3) is 0 Å². The van der Waals surface area contributed by atoms with E-state index in [2.05, 4.69) is 5.32 Å². The van der Waals surface area contributed by atoms with Crippen LogP contribution in [0.1, 0.15) is 26.7 Å². The number of nitrogens with one attached hydrogen (secondary N) is 1. The largest absolute Gasteiger partial charge is 0.383 e. The van der Waals surface area contributed by atoms with Crippen LogP contribution in [0.4, 0.5) is 11.4 Å². The van der Waals surface area contributed by atoms with Gasteiger partial charge in [-0.05, 0) is 39.0 Å². The van der Waals surface area contributed by atoms with Crippen LogP contribution in [0.2, 0.25) is 0 Å². The average Bonchev–Trinajstić information content (AvgIpc) is 3.08. The topological polar surface area (TPSA) is 92.5 Å². The van der Waals surface area contributed by atoms with Gasteiger partial charge in [-0.1, -0.05) is 0 Å². The summed E-state index contributed by atoms with van der Waals surface area (Å²) in [5, 5.41) is 14.2. The van der Waals surface area contributed by atoms with Gasteiger partial charge in [-0.15, -0.1) is 0 Å². The Bertz CT molecular complexity index is 713. The summed E-state index contributed by atoms with van der Waals surface area (Å²) >= 11 is 1.66. The van der Waals surface area contributed by atoms with Crippen molar-refractivity contribution in [2.75, 3.05) is 31.2 Å². The minimum absolute atomic E-state index is 0.0181. The number of benzene rings is 1. The molecule has 0 spiro atoms. The first kappa shape index (κ1) is 19.0. The monoisotopic (exact) mass is 373 g/mol. The van der Waals surface area contributed by atoms with Crippen molar-refractivity contribution in [2.45, 2.75) is 36.3 Å². The fourth-order valence-corrected chi connectivity index (χ4v) is 4.35. The van der Waals surface area contributed by atoms with E-state index in [9.17, 15) is 18.5 Å². The smallest absolute Gasteiger partial charge is 0.270 e. The van der Waals surface area contributed by atoms with Gasteiger partial charge in [0.15, 0.2) is 0 Å². The first-order valence-electron chi connectivity index (χ1n) is 7.75. The van der Waals surface area contributed by atoms with Crippen molar-refractivity contribution in [2.24, 2.45) is 0 Å². The molecule has 1 saturated heterocycles. The zero-order valence-electron chi connectivity index (χ0n) is 14.1. The molecule has 0 unspecified atom stereocenters. The van der Waals surface area contributed by atoms with Crippen LogP contribution in [-0.4, -0.2) is 48.3 Å². The third-order valence-electron chi connectivity index (χ3n) is 4.12. The molecule has 1 heterocycles. The summed E-state index contributed by atoms with van der Waals surface area (Å²) in [6.45, 7) is 5.56. The summed E-state index contributed by atoms with van der Waals surface area (Å²) in [6.07, 6.45) is 3.62. The number of hydrogen-bond donors (Lipinski definition) is 1. The second kappa shape index (κ2) is 7.28. The standard InChI is InChI=1S/C15H23N3O4S2/c1-15(2,23-3)11-16-13-7-6-12(18(19)20)10-14(13)24(21,22)17-8-4-5-9-17/h6-7,10,16H,4-5,8-9,11H2,1-3H3. The van der Waals surface area contributed by atoms with Crippen LogP contribution in [0.5, 0.6) is 0 Å². The van der Waals surface area contributed by atoms with Gasteiger partial charge in [0.05, 0.1) is 10.6 Å². The second-order valence-electron chi connectivity index (χ2n) is 6.37. The van der Waals surface area contributed by atoms with Gasteiger partial charge in [-0.3, -0.25) is 10.1 Å². The van der Waals surface area contributed by atoms with Gasteiger partial charge in [-0.2, -0.15) is 16.1 Å². The number of anilines is 1. The molecule has 24 heavy (non-hydrogen) atoms. The maximum atomic E-state index is 12.9. The lowest BCUT2D eigenvalue weighted by Crippen LogP contribution is -2.30. The molecule has 9 heteroatoms. The Labute approximate surface area is 147 Å². The highest BCUT2D eigenvalue weighted by Crippen LogP contribution is 2.32. The van der Waals surface area contributed by atoms with Crippen molar-refractivity contribution < 1.29 is 13.3 Å². The number of nitro groups is 1. The molecule has 0 atom stereocenters. The van der Waals surface area contributed by atoms with Crippen molar-refractivity contribution in [3.8, 4) is 0 Å². The number of thioether (sulfide) groups is 1. The second-order valence-corrected chi connectivity index (χ2v) is 9.79. The van der Waals surface area contributed by atoms with Crippen LogP contribution in [0.15, 0.2) is 23.1 Å². The van der Waals surface area contributed by atoms with Gasteiger partial charge in [0.2, 0.25) is 10.0 Å². The SMILES string of the molecule is CSC(C)(C)CNc1ccc([N+](=O)[O-])cc1S(=O)(=O)N1CCCC1. The molecular weight excluding hydrogens is 350 g/mol. The highest BCUT2D eigenvalue weighted by Gasteiger charge is 2.31. The predicted octanol–water partition coefficient (Wildman–Crippen LogP) is 2.93. The van der Waals surface area contributed by atoms with E-state index >= 15 is 0 Å².